The molecule has 1 saturated carbocycles. The zero-order valence-electron chi connectivity index (χ0n) is 13.1. The average Bonchev–Trinajstić information content (AvgIpc) is 3.25. The molecule has 2 heterocycles. The smallest absolute Gasteiger partial charge is 0.225 e. The molecule has 1 aliphatic heterocycles. The number of hydrogen-bond donors (Lipinski definition) is 1. The molecule has 2 atom stereocenters. The molecule has 1 aromatic rings. The van der Waals surface area contributed by atoms with E-state index in [9.17, 15) is 9.59 Å². The van der Waals surface area contributed by atoms with Gasteiger partial charge in [-0.1, -0.05) is 6.92 Å². The van der Waals surface area contributed by atoms with E-state index in [-0.39, 0.29) is 23.7 Å². The molecule has 0 aromatic carbocycles. The van der Waals surface area contributed by atoms with Crippen LogP contribution in [0.4, 0.5) is 0 Å². The van der Waals surface area contributed by atoms with Crippen molar-refractivity contribution in [1.29, 1.82) is 0 Å². The fraction of sp³-hybridized carbons (Fsp3) is 0.647. The normalized spacial score (nSPS) is 23.1. The highest BCUT2D eigenvalue weighted by molar-refractivity contribution is 7.07. The minimum absolute atomic E-state index is 0.0360. The lowest BCUT2D eigenvalue weighted by atomic mass is 9.96. The third-order valence-electron chi connectivity index (χ3n) is 4.73. The molecule has 0 radical (unpaired) electrons. The van der Waals surface area contributed by atoms with Crippen LogP contribution in [-0.4, -0.2) is 36.3 Å². The first-order valence-electron chi connectivity index (χ1n) is 8.23. The molecule has 0 spiro atoms. The largest absolute Gasteiger partial charge is 0.355 e. The van der Waals surface area contributed by atoms with E-state index in [0.29, 0.717) is 19.0 Å². The summed E-state index contributed by atoms with van der Waals surface area (Å²) in [5, 5.41) is 7.27. The molecule has 2 aliphatic rings. The van der Waals surface area contributed by atoms with Gasteiger partial charge < -0.3 is 10.2 Å². The van der Waals surface area contributed by atoms with Gasteiger partial charge in [-0.3, -0.25) is 9.59 Å². The molecule has 0 bridgehead atoms. The van der Waals surface area contributed by atoms with Crippen molar-refractivity contribution in [2.75, 3.05) is 19.6 Å². The molecule has 120 valence electrons. The van der Waals surface area contributed by atoms with Crippen LogP contribution < -0.4 is 5.32 Å². The van der Waals surface area contributed by atoms with Crippen LogP contribution in [-0.2, 0) is 9.59 Å². The number of amides is 2. The Morgan fingerprint density at radius 1 is 1.36 bits per heavy atom. The first-order chi connectivity index (χ1) is 10.6. The zero-order chi connectivity index (χ0) is 15.5. The minimum Gasteiger partial charge on any atom is -0.355 e. The molecule has 4 nitrogen and oxygen atoms in total. The zero-order valence-corrected chi connectivity index (χ0v) is 13.9. The van der Waals surface area contributed by atoms with Gasteiger partial charge in [0, 0.05) is 25.6 Å². The second-order valence-electron chi connectivity index (χ2n) is 6.60. The monoisotopic (exact) mass is 320 g/mol. The molecule has 1 aromatic heterocycles. The Kier molecular flexibility index (Phi) is 4.81. The third-order valence-corrected chi connectivity index (χ3v) is 5.43. The quantitative estimate of drug-likeness (QED) is 0.906. The van der Waals surface area contributed by atoms with Crippen LogP contribution in [0.15, 0.2) is 16.8 Å². The van der Waals surface area contributed by atoms with E-state index in [4.69, 9.17) is 0 Å². The molecule has 2 fully saturated rings. The van der Waals surface area contributed by atoms with Crippen molar-refractivity contribution >= 4 is 23.2 Å². The molecule has 1 saturated heterocycles. The number of nitrogens with zero attached hydrogens (tertiary/aromatic N) is 1. The number of nitrogens with one attached hydrogen (secondary N) is 1. The molecular formula is C17H24N2O2S. The minimum atomic E-state index is -0.0360. The van der Waals surface area contributed by atoms with Crippen LogP contribution in [0.25, 0.3) is 0 Å². The number of piperidine rings is 1. The van der Waals surface area contributed by atoms with Gasteiger partial charge in [0.1, 0.15) is 0 Å². The Morgan fingerprint density at radius 2 is 2.18 bits per heavy atom. The highest BCUT2D eigenvalue weighted by Crippen LogP contribution is 2.32. The summed E-state index contributed by atoms with van der Waals surface area (Å²) in [7, 11) is 0. The van der Waals surface area contributed by atoms with E-state index in [0.717, 1.165) is 32.2 Å². The summed E-state index contributed by atoms with van der Waals surface area (Å²) in [6, 6.07) is 2.11. The number of carbonyl (C=O) groups excluding carboxylic acids is 2. The van der Waals surface area contributed by atoms with E-state index < -0.39 is 0 Å². The van der Waals surface area contributed by atoms with Crippen LogP contribution in [0.1, 0.15) is 44.1 Å². The predicted octanol–water partition coefficient (Wildman–Crippen LogP) is 2.62. The van der Waals surface area contributed by atoms with Gasteiger partial charge in [-0.15, -0.1) is 0 Å². The molecule has 2 amide bonds. The summed E-state index contributed by atoms with van der Waals surface area (Å²) in [5.74, 6) is 0.925. The fourth-order valence-electron chi connectivity index (χ4n) is 3.05. The average molecular weight is 320 g/mol. The highest BCUT2D eigenvalue weighted by Gasteiger charge is 2.36. The van der Waals surface area contributed by atoms with Crippen LogP contribution in [0.5, 0.6) is 0 Å². The Morgan fingerprint density at radius 3 is 2.86 bits per heavy atom. The van der Waals surface area contributed by atoms with E-state index >= 15 is 0 Å². The summed E-state index contributed by atoms with van der Waals surface area (Å²) in [4.78, 5) is 26.4. The summed E-state index contributed by atoms with van der Waals surface area (Å²) in [5.41, 5.74) is 1.28. The van der Waals surface area contributed by atoms with Gasteiger partial charge in [-0.2, -0.15) is 11.3 Å². The van der Waals surface area contributed by atoms with Gasteiger partial charge in [-0.05, 0) is 54.0 Å². The van der Waals surface area contributed by atoms with Crippen molar-refractivity contribution in [2.45, 2.75) is 38.5 Å². The number of hydrogen-bond acceptors (Lipinski definition) is 3. The lowest BCUT2D eigenvalue weighted by Crippen LogP contribution is -2.46. The highest BCUT2D eigenvalue weighted by atomic mass is 32.1. The Balaban J connectivity index is 1.48. The Labute approximate surface area is 135 Å². The first-order valence-corrected chi connectivity index (χ1v) is 9.18. The molecule has 1 aliphatic carbocycles. The lowest BCUT2D eigenvalue weighted by molar-refractivity contribution is -0.136. The van der Waals surface area contributed by atoms with Crippen molar-refractivity contribution in [3.05, 3.63) is 22.4 Å². The molecule has 22 heavy (non-hydrogen) atoms. The second-order valence-corrected chi connectivity index (χ2v) is 7.38. The maximum atomic E-state index is 12.4. The molecule has 3 rings (SSSR count). The van der Waals surface area contributed by atoms with Crippen molar-refractivity contribution in [2.24, 2.45) is 11.8 Å². The summed E-state index contributed by atoms with van der Waals surface area (Å²) in [6.07, 6.45) is 3.90. The molecule has 5 heteroatoms. The second kappa shape index (κ2) is 6.82. The molecule has 0 unspecified atom stereocenters. The van der Waals surface area contributed by atoms with Crippen LogP contribution in [0.3, 0.4) is 0 Å². The Bertz CT molecular complexity index is 525. The molecule has 1 N–H and O–H groups in total. The summed E-state index contributed by atoms with van der Waals surface area (Å²) in [6.45, 7) is 4.23. The summed E-state index contributed by atoms with van der Waals surface area (Å²) < 4.78 is 0. The maximum Gasteiger partial charge on any atom is 0.225 e. The van der Waals surface area contributed by atoms with Crippen molar-refractivity contribution in [3.63, 3.8) is 0 Å². The standard InChI is InChI=1S/C17H24N2O2S/c1-12(15-6-8-22-11-15)9-18-16(20)14-3-2-7-19(10-14)17(21)13-4-5-13/h6,8,11-14H,2-5,7,9-10H2,1H3,(H,18,20)/t12-,14+/m0/s1. The third kappa shape index (κ3) is 3.69. The number of thiophene rings is 1. The molecular weight excluding hydrogens is 296 g/mol. The topological polar surface area (TPSA) is 49.4 Å². The fourth-order valence-corrected chi connectivity index (χ4v) is 3.83. The van der Waals surface area contributed by atoms with Crippen molar-refractivity contribution in [1.82, 2.24) is 10.2 Å². The number of carbonyl (C=O) groups is 2. The van der Waals surface area contributed by atoms with Gasteiger partial charge in [0.05, 0.1) is 5.92 Å². The van der Waals surface area contributed by atoms with Gasteiger partial charge in [-0.25, -0.2) is 0 Å². The predicted molar refractivity (Wildman–Crippen MR) is 87.8 cm³/mol. The van der Waals surface area contributed by atoms with E-state index in [1.165, 1.54) is 5.56 Å². The van der Waals surface area contributed by atoms with Gasteiger partial charge in [0.25, 0.3) is 0 Å². The lowest BCUT2D eigenvalue weighted by Gasteiger charge is -2.32. The van der Waals surface area contributed by atoms with Crippen molar-refractivity contribution < 1.29 is 9.59 Å². The Hall–Kier alpha value is -1.36. The SMILES string of the molecule is C[C@@H](CNC(=O)[C@@H]1CCCN(C(=O)C2CC2)C1)c1ccsc1. The van der Waals surface area contributed by atoms with Gasteiger partial charge in [0.2, 0.25) is 11.8 Å². The van der Waals surface area contributed by atoms with E-state index in [1.54, 1.807) is 11.3 Å². The maximum absolute atomic E-state index is 12.4. The summed E-state index contributed by atoms with van der Waals surface area (Å²) >= 11 is 1.69. The number of rotatable bonds is 5. The van der Waals surface area contributed by atoms with Crippen LogP contribution in [0, 0.1) is 11.8 Å². The number of likely N-dealkylation sites (tertiary alicyclic amines) is 1. The van der Waals surface area contributed by atoms with Gasteiger partial charge in [0.15, 0.2) is 0 Å². The van der Waals surface area contributed by atoms with Crippen molar-refractivity contribution in [3.8, 4) is 0 Å². The first kappa shape index (κ1) is 15.5. The van der Waals surface area contributed by atoms with E-state index in [2.05, 4.69) is 29.1 Å². The van der Waals surface area contributed by atoms with Crippen LogP contribution >= 0.6 is 11.3 Å². The van der Waals surface area contributed by atoms with E-state index in [1.807, 2.05) is 4.90 Å². The van der Waals surface area contributed by atoms with Gasteiger partial charge >= 0.3 is 0 Å². The van der Waals surface area contributed by atoms with Crippen LogP contribution in [0.2, 0.25) is 0 Å².